The fourth-order valence-electron chi connectivity index (χ4n) is 2.30. The lowest BCUT2D eigenvalue weighted by atomic mass is 10.3. The molecule has 0 N–H and O–H groups in total. The van der Waals surface area contributed by atoms with Crippen LogP contribution in [0.5, 0.6) is 0 Å². The van der Waals surface area contributed by atoms with Crippen molar-refractivity contribution in [2.75, 3.05) is 6.26 Å². The Morgan fingerprint density at radius 3 is 2.70 bits per heavy atom. The molecule has 7 heteroatoms. The number of aromatic nitrogens is 4. The molecular formula is C13H21ClN4OS. The largest absolute Gasteiger partial charge is 0.312 e. The number of hydrogen-bond acceptors (Lipinski definition) is 3. The summed E-state index contributed by atoms with van der Waals surface area (Å²) in [5, 5.41) is 4.66. The summed E-state index contributed by atoms with van der Waals surface area (Å²) in [5.41, 5.74) is 2.88. The third kappa shape index (κ3) is 2.76. The third-order valence-electron chi connectivity index (χ3n) is 3.62. The molecule has 2 atom stereocenters. The van der Waals surface area contributed by atoms with Crippen molar-refractivity contribution in [2.24, 2.45) is 0 Å². The van der Waals surface area contributed by atoms with Crippen LogP contribution in [0, 0.1) is 6.92 Å². The van der Waals surface area contributed by atoms with E-state index >= 15 is 0 Å². The highest BCUT2D eigenvalue weighted by atomic mass is 35.5. The second kappa shape index (κ2) is 6.26. The molecule has 2 heterocycles. The Morgan fingerprint density at radius 1 is 1.45 bits per heavy atom. The van der Waals surface area contributed by atoms with Crippen LogP contribution in [0.2, 0.25) is 0 Å². The van der Waals surface area contributed by atoms with E-state index in [1.807, 2.05) is 18.5 Å². The maximum absolute atomic E-state index is 11.5. The monoisotopic (exact) mass is 316 g/mol. The topological polar surface area (TPSA) is 52.7 Å². The summed E-state index contributed by atoms with van der Waals surface area (Å²) in [5.74, 6) is 1.24. The maximum atomic E-state index is 11.5. The minimum atomic E-state index is -0.805. The van der Waals surface area contributed by atoms with Crippen LogP contribution in [-0.4, -0.2) is 35.0 Å². The highest BCUT2D eigenvalue weighted by Gasteiger charge is 2.18. The number of imidazole rings is 1. The average Bonchev–Trinajstić information content (AvgIpc) is 2.93. The Hall–Kier alpha value is -0.880. The summed E-state index contributed by atoms with van der Waals surface area (Å²) in [6, 6.07) is 0. The van der Waals surface area contributed by atoms with E-state index in [0.717, 1.165) is 42.2 Å². The molecule has 0 aliphatic heterocycles. The maximum Gasteiger partial charge on any atom is 0.158 e. The molecule has 2 unspecified atom stereocenters. The standard InChI is InChI=1S/C13H21ClN4OS/c1-5-18-13-12(10(3)16-18)15-11(8-14)17(13)7-6-9(2)20(4)19/h9H,5-8H2,1-4H3. The fraction of sp³-hybridized carbons (Fsp3) is 0.692. The molecule has 0 saturated heterocycles. The molecule has 0 aromatic carbocycles. The van der Waals surface area contributed by atoms with Crippen molar-refractivity contribution in [3.8, 4) is 0 Å². The van der Waals surface area contributed by atoms with Gasteiger partial charge in [0.15, 0.2) is 5.65 Å². The van der Waals surface area contributed by atoms with Gasteiger partial charge in [-0.1, -0.05) is 6.92 Å². The summed E-state index contributed by atoms with van der Waals surface area (Å²) < 4.78 is 15.6. The first kappa shape index (κ1) is 15.5. The van der Waals surface area contributed by atoms with Gasteiger partial charge >= 0.3 is 0 Å². The first-order valence-corrected chi connectivity index (χ1v) is 8.95. The number of fused-ring (bicyclic) bond motifs is 1. The highest BCUT2D eigenvalue weighted by Crippen LogP contribution is 2.22. The van der Waals surface area contributed by atoms with Gasteiger partial charge in [-0.25, -0.2) is 9.67 Å². The Labute approximate surface area is 126 Å². The van der Waals surface area contributed by atoms with E-state index in [9.17, 15) is 4.21 Å². The number of nitrogens with zero attached hydrogens (tertiary/aromatic N) is 4. The molecule has 0 spiro atoms. The van der Waals surface area contributed by atoms with Crippen molar-refractivity contribution in [3.05, 3.63) is 11.5 Å². The number of rotatable bonds is 6. The number of halogens is 1. The van der Waals surface area contributed by atoms with Gasteiger partial charge in [-0.15, -0.1) is 11.6 Å². The summed E-state index contributed by atoms with van der Waals surface area (Å²) in [6.07, 6.45) is 2.59. The van der Waals surface area contributed by atoms with Crippen molar-refractivity contribution in [3.63, 3.8) is 0 Å². The van der Waals surface area contributed by atoms with Crippen molar-refractivity contribution in [2.45, 2.75) is 51.4 Å². The summed E-state index contributed by atoms with van der Waals surface area (Å²) in [7, 11) is -0.805. The highest BCUT2D eigenvalue weighted by molar-refractivity contribution is 7.84. The minimum absolute atomic E-state index is 0.162. The molecule has 0 bridgehead atoms. The van der Waals surface area contributed by atoms with Gasteiger partial charge in [0.2, 0.25) is 0 Å². The molecule has 0 aliphatic carbocycles. The summed E-state index contributed by atoms with van der Waals surface area (Å²) in [6.45, 7) is 7.60. The predicted octanol–water partition coefficient (Wildman–Crippen LogP) is 2.46. The molecule has 0 amide bonds. The van der Waals surface area contributed by atoms with E-state index in [2.05, 4.69) is 21.6 Å². The van der Waals surface area contributed by atoms with Gasteiger partial charge in [0.05, 0.1) is 11.6 Å². The molecule has 20 heavy (non-hydrogen) atoms. The summed E-state index contributed by atoms with van der Waals surface area (Å²) in [4.78, 5) is 4.59. The predicted molar refractivity (Wildman–Crippen MR) is 83.6 cm³/mol. The number of aryl methyl sites for hydroxylation is 3. The second-order valence-corrected chi connectivity index (χ2v) is 7.05. The first-order chi connectivity index (χ1) is 9.49. The van der Waals surface area contributed by atoms with Gasteiger partial charge in [0.1, 0.15) is 11.3 Å². The Kier molecular flexibility index (Phi) is 4.86. The van der Waals surface area contributed by atoms with Crippen molar-refractivity contribution in [1.82, 2.24) is 19.3 Å². The summed E-state index contributed by atoms with van der Waals surface area (Å²) >= 11 is 6.01. The SMILES string of the molecule is CCn1nc(C)c2nc(CCl)n(CCC(C)S(C)=O)c21. The zero-order valence-corrected chi connectivity index (χ0v) is 14.0. The molecule has 2 rings (SSSR count). The Morgan fingerprint density at radius 2 is 2.15 bits per heavy atom. The lowest BCUT2D eigenvalue weighted by Gasteiger charge is -2.12. The molecule has 5 nitrogen and oxygen atoms in total. The molecule has 0 radical (unpaired) electrons. The molecule has 2 aromatic heterocycles. The van der Waals surface area contributed by atoms with Crippen LogP contribution in [0.25, 0.3) is 11.2 Å². The van der Waals surface area contributed by atoms with Gasteiger partial charge in [0, 0.05) is 35.4 Å². The van der Waals surface area contributed by atoms with Crippen LogP contribution in [0.15, 0.2) is 0 Å². The smallest absolute Gasteiger partial charge is 0.158 e. The van der Waals surface area contributed by atoms with Gasteiger partial charge in [-0.05, 0) is 20.3 Å². The third-order valence-corrected chi connectivity index (χ3v) is 5.23. The first-order valence-electron chi connectivity index (χ1n) is 6.80. The normalized spacial score (nSPS) is 14.8. The number of alkyl halides is 1. The minimum Gasteiger partial charge on any atom is -0.312 e. The van der Waals surface area contributed by atoms with E-state index < -0.39 is 10.8 Å². The average molecular weight is 317 g/mol. The molecular weight excluding hydrogens is 296 g/mol. The molecule has 112 valence electrons. The molecule has 0 fully saturated rings. The zero-order chi connectivity index (χ0) is 14.9. The van der Waals surface area contributed by atoms with Crippen molar-refractivity contribution < 1.29 is 4.21 Å². The lowest BCUT2D eigenvalue weighted by molar-refractivity contribution is 0.586. The van der Waals surface area contributed by atoms with Crippen LogP contribution in [0.4, 0.5) is 0 Å². The zero-order valence-electron chi connectivity index (χ0n) is 12.4. The van der Waals surface area contributed by atoms with Crippen molar-refractivity contribution in [1.29, 1.82) is 0 Å². The van der Waals surface area contributed by atoms with E-state index in [0.29, 0.717) is 5.88 Å². The van der Waals surface area contributed by atoms with Gasteiger partial charge in [-0.2, -0.15) is 5.10 Å². The second-order valence-electron chi connectivity index (χ2n) is 4.98. The van der Waals surface area contributed by atoms with Crippen LogP contribution in [0.3, 0.4) is 0 Å². The van der Waals surface area contributed by atoms with Gasteiger partial charge in [-0.3, -0.25) is 4.21 Å². The van der Waals surface area contributed by atoms with Crippen LogP contribution in [0.1, 0.15) is 31.8 Å². The van der Waals surface area contributed by atoms with Crippen LogP contribution >= 0.6 is 11.6 Å². The number of hydrogen-bond donors (Lipinski definition) is 0. The Balaban J connectivity index is 2.41. The van der Waals surface area contributed by atoms with Gasteiger partial charge < -0.3 is 4.57 Å². The van der Waals surface area contributed by atoms with Crippen LogP contribution < -0.4 is 0 Å². The molecule has 0 saturated carbocycles. The lowest BCUT2D eigenvalue weighted by Crippen LogP contribution is -2.15. The van der Waals surface area contributed by atoms with E-state index in [1.54, 1.807) is 6.26 Å². The van der Waals surface area contributed by atoms with E-state index in [1.165, 1.54) is 0 Å². The van der Waals surface area contributed by atoms with Crippen molar-refractivity contribution >= 4 is 33.6 Å². The Bertz CT molecular complexity index is 634. The fourth-order valence-corrected chi connectivity index (χ4v) is 2.95. The molecule has 0 aliphatic rings. The molecule has 2 aromatic rings. The van der Waals surface area contributed by atoms with E-state index in [4.69, 9.17) is 11.6 Å². The van der Waals surface area contributed by atoms with Gasteiger partial charge in [0.25, 0.3) is 0 Å². The quantitative estimate of drug-likeness (QED) is 0.769. The van der Waals surface area contributed by atoms with E-state index in [-0.39, 0.29) is 5.25 Å². The van der Waals surface area contributed by atoms with Crippen LogP contribution in [-0.2, 0) is 29.8 Å².